The van der Waals surface area contributed by atoms with Crippen LogP contribution in [0.25, 0.3) is 10.9 Å². The smallest absolute Gasteiger partial charge is 0.213 e. The molecule has 6 nitrogen and oxygen atoms in total. The molecule has 156 valence electrons. The molecule has 0 saturated heterocycles. The second-order valence-electron chi connectivity index (χ2n) is 6.73. The van der Waals surface area contributed by atoms with E-state index >= 15 is 0 Å². The van der Waals surface area contributed by atoms with E-state index in [1.54, 1.807) is 7.05 Å². The SMILES string of the molecule is CCCOc1ccc(CNC(=NC)NCCc2c(C)[nH]c3ccccc23)cn1.I. The van der Waals surface area contributed by atoms with Gasteiger partial charge in [0.1, 0.15) is 0 Å². The number of guanidine groups is 1. The number of aromatic amines is 1. The number of ether oxygens (including phenoxy) is 1. The summed E-state index contributed by atoms with van der Waals surface area (Å²) in [7, 11) is 1.78. The lowest BCUT2D eigenvalue weighted by Crippen LogP contribution is -2.37. The van der Waals surface area contributed by atoms with Gasteiger partial charge in [0.2, 0.25) is 5.88 Å². The van der Waals surface area contributed by atoms with Crippen molar-refractivity contribution in [1.29, 1.82) is 0 Å². The van der Waals surface area contributed by atoms with Gasteiger partial charge >= 0.3 is 0 Å². The molecule has 0 aliphatic rings. The fourth-order valence-electron chi connectivity index (χ4n) is 3.18. The van der Waals surface area contributed by atoms with E-state index in [1.165, 1.54) is 22.2 Å². The summed E-state index contributed by atoms with van der Waals surface area (Å²) in [6, 6.07) is 12.4. The molecule has 2 aromatic heterocycles. The normalized spacial score (nSPS) is 11.2. The van der Waals surface area contributed by atoms with Gasteiger partial charge in [-0.2, -0.15) is 0 Å². The number of nitrogens with zero attached hydrogens (tertiary/aromatic N) is 2. The topological polar surface area (TPSA) is 74.3 Å². The number of hydrogen-bond acceptors (Lipinski definition) is 3. The molecule has 0 radical (unpaired) electrons. The van der Waals surface area contributed by atoms with Gasteiger partial charge < -0.3 is 20.4 Å². The Balaban J connectivity index is 0.00000300. The van der Waals surface area contributed by atoms with Gasteiger partial charge in [-0.3, -0.25) is 4.99 Å². The van der Waals surface area contributed by atoms with Crippen molar-refractivity contribution in [1.82, 2.24) is 20.6 Å². The van der Waals surface area contributed by atoms with Crippen molar-refractivity contribution in [3.05, 3.63) is 59.4 Å². The zero-order valence-electron chi connectivity index (χ0n) is 17.3. The van der Waals surface area contributed by atoms with E-state index in [-0.39, 0.29) is 24.0 Å². The molecule has 0 amide bonds. The van der Waals surface area contributed by atoms with Gasteiger partial charge in [0.15, 0.2) is 5.96 Å². The number of fused-ring (bicyclic) bond motifs is 1. The Labute approximate surface area is 189 Å². The van der Waals surface area contributed by atoms with Crippen molar-refractivity contribution >= 4 is 40.8 Å². The van der Waals surface area contributed by atoms with Crippen molar-refractivity contribution in [2.45, 2.75) is 33.2 Å². The number of hydrogen-bond donors (Lipinski definition) is 3. The molecule has 0 fully saturated rings. The van der Waals surface area contributed by atoms with E-state index in [2.05, 4.69) is 63.7 Å². The number of halogens is 1. The number of benzene rings is 1. The highest BCUT2D eigenvalue weighted by Gasteiger charge is 2.08. The summed E-state index contributed by atoms with van der Waals surface area (Å²) in [4.78, 5) is 12.1. The van der Waals surface area contributed by atoms with Gasteiger partial charge in [-0.05, 0) is 37.0 Å². The molecule has 3 N–H and O–H groups in total. The molecule has 3 aromatic rings. The monoisotopic (exact) mass is 507 g/mol. The van der Waals surface area contributed by atoms with Crippen LogP contribution in [-0.2, 0) is 13.0 Å². The van der Waals surface area contributed by atoms with Crippen LogP contribution in [0.4, 0.5) is 0 Å². The second kappa shape index (κ2) is 11.6. The number of aromatic nitrogens is 2. The Bertz CT molecular complexity index is 921. The summed E-state index contributed by atoms with van der Waals surface area (Å²) in [6.45, 7) is 6.37. The Morgan fingerprint density at radius 2 is 2.00 bits per heavy atom. The average molecular weight is 507 g/mol. The zero-order valence-corrected chi connectivity index (χ0v) is 19.6. The Morgan fingerprint density at radius 3 is 2.72 bits per heavy atom. The molecule has 0 unspecified atom stereocenters. The molecule has 1 aromatic carbocycles. The highest BCUT2D eigenvalue weighted by Crippen LogP contribution is 2.21. The maximum absolute atomic E-state index is 5.52. The van der Waals surface area contributed by atoms with Crippen molar-refractivity contribution in [2.75, 3.05) is 20.2 Å². The largest absolute Gasteiger partial charge is 0.478 e. The van der Waals surface area contributed by atoms with Crippen LogP contribution in [0.15, 0.2) is 47.6 Å². The summed E-state index contributed by atoms with van der Waals surface area (Å²) >= 11 is 0. The second-order valence-corrected chi connectivity index (χ2v) is 6.73. The standard InChI is InChI=1S/C22H29N5O.HI/c1-4-13-28-21-10-9-17(14-25-21)15-26-22(23-3)24-12-11-18-16(2)27-20-8-6-5-7-19(18)20;/h5-10,14,27H,4,11-13,15H2,1-3H3,(H2,23,24,26);1H. The van der Waals surface area contributed by atoms with Crippen LogP contribution in [-0.4, -0.2) is 36.1 Å². The molecule has 2 heterocycles. The number of para-hydroxylation sites is 1. The van der Waals surface area contributed by atoms with Crippen LogP contribution >= 0.6 is 24.0 Å². The van der Waals surface area contributed by atoms with Crippen LogP contribution in [0.3, 0.4) is 0 Å². The molecule has 7 heteroatoms. The van der Waals surface area contributed by atoms with E-state index in [4.69, 9.17) is 4.74 Å². The molecule has 0 aliphatic heterocycles. The van der Waals surface area contributed by atoms with Crippen LogP contribution in [0.2, 0.25) is 0 Å². The maximum atomic E-state index is 5.52. The minimum absolute atomic E-state index is 0. The first-order valence-electron chi connectivity index (χ1n) is 9.79. The number of rotatable bonds is 8. The Kier molecular flexibility index (Phi) is 9.24. The predicted molar refractivity (Wildman–Crippen MR) is 130 cm³/mol. The lowest BCUT2D eigenvalue weighted by atomic mass is 10.1. The van der Waals surface area contributed by atoms with Gasteiger partial charge in [0.25, 0.3) is 0 Å². The summed E-state index contributed by atoms with van der Waals surface area (Å²) in [5, 5.41) is 8.01. The summed E-state index contributed by atoms with van der Waals surface area (Å²) in [5.41, 5.74) is 4.85. The maximum Gasteiger partial charge on any atom is 0.213 e. The molecular weight excluding hydrogens is 477 g/mol. The van der Waals surface area contributed by atoms with Crippen molar-refractivity contribution in [3.8, 4) is 5.88 Å². The highest BCUT2D eigenvalue weighted by atomic mass is 127. The summed E-state index contributed by atoms with van der Waals surface area (Å²) in [6.07, 6.45) is 3.74. The summed E-state index contributed by atoms with van der Waals surface area (Å²) < 4.78 is 5.52. The predicted octanol–water partition coefficient (Wildman–Crippen LogP) is 4.19. The van der Waals surface area contributed by atoms with Gasteiger partial charge in [0.05, 0.1) is 6.61 Å². The van der Waals surface area contributed by atoms with Gasteiger partial charge in [-0.25, -0.2) is 4.98 Å². The summed E-state index contributed by atoms with van der Waals surface area (Å²) in [5.74, 6) is 1.45. The average Bonchev–Trinajstić information content (AvgIpc) is 3.05. The zero-order chi connectivity index (χ0) is 19.8. The first kappa shape index (κ1) is 23.0. The van der Waals surface area contributed by atoms with E-state index < -0.39 is 0 Å². The number of pyridine rings is 1. The van der Waals surface area contributed by atoms with E-state index in [9.17, 15) is 0 Å². The first-order chi connectivity index (χ1) is 13.7. The van der Waals surface area contributed by atoms with Gasteiger partial charge in [-0.15, -0.1) is 24.0 Å². The van der Waals surface area contributed by atoms with E-state index in [1.807, 2.05) is 18.3 Å². The third kappa shape index (κ3) is 6.35. The lowest BCUT2D eigenvalue weighted by molar-refractivity contribution is 0.305. The first-order valence-corrected chi connectivity index (χ1v) is 9.79. The minimum Gasteiger partial charge on any atom is -0.478 e. The van der Waals surface area contributed by atoms with Gasteiger partial charge in [0, 0.05) is 49.0 Å². The van der Waals surface area contributed by atoms with E-state index in [0.717, 1.165) is 30.9 Å². The number of nitrogens with one attached hydrogen (secondary N) is 3. The van der Waals surface area contributed by atoms with Gasteiger partial charge in [-0.1, -0.05) is 31.2 Å². The van der Waals surface area contributed by atoms with Crippen LogP contribution < -0.4 is 15.4 Å². The highest BCUT2D eigenvalue weighted by molar-refractivity contribution is 14.0. The quantitative estimate of drug-likeness (QED) is 0.243. The molecule has 3 rings (SSSR count). The fraction of sp³-hybridized carbons (Fsp3) is 0.364. The minimum atomic E-state index is 0. The van der Waals surface area contributed by atoms with E-state index in [0.29, 0.717) is 19.0 Å². The molecule has 0 aliphatic carbocycles. The van der Waals surface area contributed by atoms with Crippen LogP contribution in [0.1, 0.15) is 30.2 Å². The van der Waals surface area contributed by atoms with Crippen molar-refractivity contribution in [2.24, 2.45) is 4.99 Å². The lowest BCUT2D eigenvalue weighted by Gasteiger charge is -2.12. The number of aliphatic imine (C=N–C) groups is 1. The number of H-pyrrole nitrogens is 1. The third-order valence-corrected chi connectivity index (χ3v) is 4.63. The molecule has 29 heavy (non-hydrogen) atoms. The van der Waals surface area contributed by atoms with Crippen molar-refractivity contribution in [3.63, 3.8) is 0 Å². The van der Waals surface area contributed by atoms with Crippen LogP contribution in [0, 0.1) is 6.92 Å². The van der Waals surface area contributed by atoms with Crippen LogP contribution in [0.5, 0.6) is 5.88 Å². The Morgan fingerprint density at radius 1 is 1.17 bits per heavy atom. The fourth-order valence-corrected chi connectivity index (χ4v) is 3.18. The molecule has 0 saturated carbocycles. The molecule has 0 atom stereocenters. The molecule has 0 bridgehead atoms. The molecule has 0 spiro atoms. The Hall–Kier alpha value is -2.29. The van der Waals surface area contributed by atoms with Crippen molar-refractivity contribution < 1.29 is 4.74 Å². The third-order valence-electron chi connectivity index (χ3n) is 4.63. The molecular formula is C22H30IN5O. The number of aryl methyl sites for hydroxylation is 1.